The largest absolute Gasteiger partial charge is 0.101 e. The van der Waals surface area contributed by atoms with Crippen LogP contribution in [0.4, 0.5) is 0 Å². The molecule has 0 bridgehead atoms. The molecule has 0 nitrogen and oxygen atoms in total. The van der Waals surface area contributed by atoms with E-state index in [9.17, 15) is 0 Å². The summed E-state index contributed by atoms with van der Waals surface area (Å²) in [6, 6.07) is 8.21. The van der Waals surface area contributed by atoms with Gasteiger partial charge in [-0.05, 0) is 31.9 Å². The van der Waals surface area contributed by atoms with E-state index in [0.717, 1.165) is 11.5 Å². The van der Waals surface area contributed by atoms with Gasteiger partial charge in [-0.3, -0.25) is 0 Å². The highest BCUT2D eigenvalue weighted by Crippen LogP contribution is 2.00. The summed E-state index contributed by atoms with van der Waals surface area (Å²) in [5.74, 6) is 6.67. The Bertz CT molecular complexity index is 290. The van der Waals surface area contributed by atoms with E-state index in [1.165, 1.54) is 5.56 Å². The molecular weight excluding hydrogens is 168 g/mol. The summed E-state index contributed by atoms with van der Waals surface area (Å²) in [6.45, 7) is 10.4. The van der Waals surface area contributed by atoms with Crippen LogP contribution in [0.5, 0.6) is 0 Å². The molecule has 0 heterocycles. The average molecular weight is 188 g/mol. The van der Waals surface area contributed by atoms with Crippen LogP contribution in [0.1, 0.15) is 38.8 Å². The topological polar surface area (TPSA) is 0 Å². The molecule has 1 aromatic rings. The second-order valence-corrected chi connectivity index (χ2v) is 3.97. The van der Waals surface area contributed by atoms with E-state index in [1.807, 2.05) is 19.1 Å². The van der Waals surface area contributed by atoms with Crippen molar-refractivity contribution >= 4 is 0 Å². The zero-order valence-corrected chi connectivity index (χ0v) is 9.89. The van der Waals surface area contributed by atoms with Gasteiger partial charge in [0, 0.05) is 5.56 Å². The van der Waals surface area contributed by atoms with Crippen molar-refractivity contribution in [1.29, 1.82) is 0 Å². The minimum Gasteiger partial charge on any atom is -0.101 e. The third-order valence-electron chi connectivity index (χ3n) is 1.32. The standard InChI is InChI=1S/C10H10.C4H10/c1-3-4-10-7-5-9(2)6-8-10;1-4(2)3/h5-8H,1-2H3;4H,1-3H3. The monoisotopic (exact) mass is 188 g/mol. The average Bonchev–Trinajstić information content (AvgIpc) is 2.08. The number of benzene rings is 1. The van der Waals surface area contributed by atoms with Gasteiger partial charge in [-0.1, -0.05) is 44.4 Å². The van der Waals surface area contributed by atoms with Crippen LogP contribution < -0.4 is 0 Å². The summed E-state index contributed by atoms with van der Waals surface area (Å²) in [4.78, 5) is 0. The Balaban J connectivity index is 0.000000364. The Kier molecular flexibility index (Phi) is 6.58. The second-order valence-electron chi connectivity index (χ2n) is 3.97. The van der Waals surface area contributed by atoms with Crippen molar-refractivity contribution in [2.45, 2.75) is 34.6 Å². The summed E-state index contributed by atoms with van der Waals surface area (Å²) < 4.78 is 0. The molecule has 0 saturated carbocycles. The van der Waals surface area contributed by atoms with Gasteiger partial charge >= 0.3 is 0 Å². The molecule has 0 aliphatic heterocycles. The lowest BCUT2D eigenvalue weighted by Crippen LogP contribution is -1.73. The molecular formula is C14H20. The molecule has 0 saturated heterocycles. The normalized spacial score (nSPS) is 8.43. The maximum absolute atomic E-state index is 2.98. The Labute approximate surface area is 88.4 Å². The maximum Gasteiger partial charge on any atom is 0.0245 e. The van der Waals surface area contributed by atoms with E-state index in [4.69, 9.17) is 0 Å². The van der Waals surface area contributed by atoms with E-state index in [-0.39, 0.29) is 0 Å². The third kappa shape index (κ3) is 7.43. The van der Waals surface area contributed by atoms with Crippen LogP contribution in [-0.2, 0) is 0 Å². The number of hydrogen-bond donors (Lipinski definition) is 0. The molecule has 1 aromatic carbocycles. The molecule has 0 spiro atoms. The third-order valence-corrected chi connectivity index (χ3v) is 1.32. The molecule has 14 heavy (non-hydrogen) atoms. The van der Waals surface area contributed by atoms with Crippen LogP contribution in [0.2, 0.25) is 0 Å². The van der Waals surface area contributed by atoms with Gasteiger partial charge in [0.15, 0.2) is 0 Å². The van der Waals surface area contributed by atoms with Crippen LogP contribution in [0.3, 0.4) is 0 Å². The summed E-state index contributed by atoms with van der Waals surface area (Å²) in [5, 5.41) is 0. The predicted molar refractivity (Wildman–Crippen MR) is 64.2 cm³/mol. The fraction of sp³-hybridized carbons (Fsp3) is 0.429. The minimum atomic E-state index is 0.833. The highest BCUT2D eigenvalue weighted by Gasteiger charge is 1.83. The van der Waals surface area contributed by atoms with Crippen molar-refractivity contribution in [3.63, 3.8) is 0 Å². The summed E-state index contributed by atoms with van der Waals surface area (Å²) in [6.07, 6.45) is 0. The molecule has 0 radical (unpaired) electrons. The van der Waals surface area contributed by atoms with Crippen LogP contribution in [0.25, 0.3) is 0 Å². The van der Waals surface area contributed by atoms with Crippen LogP contribution in [0.15, 0.2) is 24.3 Å². The van der Waals surface area contributed by atoms with Crippen molar-refractivity contribution in [3.05, 3.63) is 35.4 Å². The van der Waals surface area contributed by atoms with Crippen LogP contribution in [-0.4, -0.2) is 0 Å². The first-order valence-electron chi connectivity index (χ1n) is 5.05. The van der Waals surface area contributed by atoms with Crippen molar-refractivity contribution < 1.29 is 0 Å². The maximum atomic E-state index is 2.98. The van der Waals surface area contributed by atoms with Gasteiger partial charge in [0.1, 0.15) is 0 Å². The first-order valence-corrected chi connectivity index (χ1v) is 5.05. The molecule has 76 valence electrons. The lowest BCUT2D eigenvalue weighted by molar-refractivity contribution is 0.737. The van der Waals surface area contributed by atoms with Gasteiger partial charge in [-0.2, -0.15) is 0 Å². The Hall–Kier alpha value is -1.22. The van der Waals surface area contributed by atoms with E-state index < -0.39 is 0 Å². The first kappa shape index (κ1) is 12.8. The van der Waals surface area contributed by atoms with E-state index in [2.05, 4.69) is 51.7 Å². The van der Waals surface area contributed by atoms with Gasteiger partial charge in [-0.15, -0.1) is 5.92 Å². The quantitative estimate of drug-likeness (QED) is 0.539. The molecule has 0 aliphatic carbocycles. The fourth-order valence-corrected chi connectivity index (χ4v) is 0.781. The fourth-order valence-electron chi connectivity index (χ4n) is 0.781. The number of rotatable bonds is 0. The molecule has 0 atom stereocenters. The number of aryl methyl sites for hydroxylation is 1. The van der Waals surface area contributed by atoms with Gasteiger partial charge in [0.2, 0.25) is 0 Å². The molecule has 0 N–H and O–H groups in total. The molecule has 0 aromatic heterocycles. The zero-order valence-electron chi connectivity index (χ0n) is 9.89. The van der Waals surface area contributed by atoms with E-state index in [0.29, 0.717) is 0 Å². The van der Waals surface area contributed by atoms with Crippen molar-refractivity contribution in [2.75, 3.05) is 0 Å². The van der Waals surface area contributed by atoms with Crippen LogP contribution in [0, 0.1) is 24.7 Å². The Morgan fingerprint density at radius 3 is 1.79 bits per heavy atom. The summed E-state index contributed by atoms with van der Waals surface area (Å²) in [7, 11) is 0. The Morgan fingerprint density at radius 2 is 1.43 bits per heavy atom. The van der Waals surface area contributed by atoms with Gasteiger partial charge in [-0.25, -0.2) is 0 Å². The van der Waals surface area contributed by atoms with Crippen molar-refractivity contribution in [3.8, 4) is 11.8 Å². The smallest absolute Gasteiger partial charge is 0.0245 e. The molecule has 0 aliphatic rings. The van der Waals surface area contributed by atoms with E-state index in [1.54, 1.807) is 0 Å². The van der Waals surface area contributed by atoms with Crippen molar-refractivity contribution in [2.24, 2.45) is 5.92 Å². The lowest BCUT2D eigenvalue weighted by atomic mass is 10.2. The SMILES string of the molecule is CC#Cc1ccc(C)cc1.CC(C)C. The lowest BCUT2D eigenvalue weighted by Gasteiger charge is -1.90. The van der Waals surface area contributed by atoms with Crippen molar-refractivity contribution in [1.82, 2.24) is 0 Å². The highest BCUT2D eigenvalue weighted by atomic mass is 13.9. The second kappa shape index (κ2) is 7.21. The number of hydrogen-bond acceptors (Lipinski definition) is 0. The molecule has 0 unspecified atom stereocenters. The van der Waals surface area contributed by atoms with Gasteiger partial charge in [0.05, 0.1) is 0 Å². The van der Waals surface area contributed by atoms with Gasteiger partial charge < -0.3 is 0 Å². The molecule has 0 amide bonds. The molecule has 1 rings (SSSR count). The predicted octanol–water partition coefficient (Wildman–Crippen LogP) is 4.03. The summed E-state index contributed by atoms with van der Waals surface area (Å²) >= 11 is 0. The van der Waals surface area contributed by atoms with Crippen LogP contribution >= 0.6 is 0 Å². The zero-order chi connectivity index (χ0) is 11.0. The molecule has 0 heteroatoms. The Morgan fingerprint density at radius 1 is 1.00 bits per heavy atom. The highest BCUT2D eigenvalue weighted by molar-refractivity contribution is 5.35. The first-order chi connectivity index (χ1) is 6.56. The summed E-state index contributed by atoms with van der Waals surface area (Å²) in [5.41, 5.74) is 2.37. The minimum absolute atomic E-state index is 0.833. The van der Waals surface area contributed by atoms with Gasteiger partial charge in [0.25, 0.3) is 0 Å². The molecule has 0 fully saturated rings. The van der Waals surface area contributed by atoms with E-state index >= 15 is 0 Å².